The lowest BCUT2D eigenvalue weighted by Gasteiger charge is -2.33. The molecule has 0 aromatic heterocycles. The van der Waals surface area contributed by atoms with E-state index < -0.39 is 0 Å². The normalized spacial score (nSPS) is 16.9. The molecule has 4 nitrogen and oxygen atoms in total. The molecule has 1 fully saturated rings. The zero-order valence-electron chi connectivity index (χ0n) is 14.4. The average Bonchev–Trinajstić information content (AvgIpc) is 2.55. The zero-order chi connectivity index (χ0) is 16.8. The Labute approximate surface area is 144 Å². The molecule has 1 aromatic carbocycles. The molecule has 128 valence electrons. The summed E-state index contributed by atoms with van der Waals surface area (Å²) in [6.45, 7) is 8.58. The summed E-state index contributed by atoms with van der Waals surface area (Å²) in [4.78, 5) is 16.6. The van der Waals surface area contributed by atoms with Crippen LogP contribution in [-0.2, 0) is 4.79 Å². The zero-order valence-corrected chi connectivity index (χ0v) is 15.1. The molecule has 1 aliphatic heterocycles. The van der Waals surface area contributed by atoms with Crippen molar-refractivity contribution in [3.8, 4) is 0 Å². The van der Waals surface area contributed by atoms with E-state index in [0.29, 0.717) is 12.3 Å². The van der Waals surface area contributed by atoms with Gasteiger partial charge in [-0.05, 0) is 24.6 Å². The molecular formula is C18H28ClN3O. The summed E-state index contributed by atoms with van der Waals surface area (Å²) < 4.78 is 0. The Morgan fingerprint density at radius 1 is 1.30 bits per heavy atom. The van der Waals surface area contributed by atoms with Crippen LogP contribution in [0.1, 0.15) is 31.9 Å². The third kappa shape index (κ3) is 4.93. The summed E-state index contributed by atoms with van der Waals surface area (Å²) in [6, 6.07) is 8.22. The lowest BCUT2D eigenvalue weighted by molar-refractivity contribution is -0.132. The number of rotatable bonds is 6. The highest BCUT2D eigenvalue weighted by Gasteiger charge is 2.24. The van der Waals surface area contributed by atoms with Gasteiger partial charge < -0.3 is 10.2 Å². The van der Waals surface area contributed by atoms with Crippen LogP contribution in [0.2, 0.25) is 5.02 Å². The molecule has 5 heteroatoms. The molecule has 0 spiro atoms. The van der Waals surface area contributed by atoms with Crippen LogP contribution >= 0.6 is 11.6 Å². The van der Waals surface area contributed by atoms with Crippen LogP contribution in [0, 0.1) is 5.92 Å². The average molecular weight is 338 g/mol. The minimum absolute atomic E-state index is 0.222. The monoisotopic (exact) mass is 337 g/mol. The first kappa shape index (κ1) is 18.2. The van der Waals surface area contributed by atoms with Crippen LogP contribution in [0.5, 0.6) is 0 Å². The van der Waals surface area contributed by atoms with E-state index in [-0.39, 0.29) is 11.9 Å². The Bertz CT molecular complexity index is 515. The van der Waals surface area contributed by atoms with Crippen molar-refractivity contribution >= 4 is 17.5 Å². The Hall–Kier alpha value is -1.10. The highest BCUT2D eigenvalue weighted by Crippen LogP contribution is 2.32. The Balaban J connectivity index is 1.97. The Morgan fingerprint density at radius 2 is 1.96 bits per heavy atom. The smallest absolute Gasteiger partial charge is 0.223 e. The van der Waals surface area contributed by atoms with E-state index in [4.69, 9.17) is 11.6 Å². The molecule has 2 rings (SSSR count). The molecular weight excluding hydrogens is 310 g/mol. The largest absolute Gasteiger partial charge is 0.340 e. The number of hydrogen-bond acceptors (Lipinski definition) is 3. The molecule has 1 aromatic rings. The molecule has 0 radical (unpaired) electrons. The lowest BCUT2D eigenvalue weighted by atomic mass is 9.94. The molecule has 0 aliphatic carbocycles. The van der Waals surface area contributed by atoms with Gasteiger partial charge in [0.25, 0.3) is 0 Å². The summed E-state index contributed by atoms with van der Waals surface area (Å²) in [5, 5.41) is 4.07. The first-order valence-electron chi connectivity index (χ1n) is 8.44. The van der Waals surface area contributed by atoms with Crippen LogP contribution in [0.15, 0.2) is 24.3 Å². The number of piperazine rings is 1. The van der Waals surface area contributed by atoms with E-state index in [2.05, 4.69) is 37.2 Å². The van der Waals surface area contributed by atoms with Gasteiger partial charge in [-0.3, -0.25) is 9.69 Å². The number of carbonyl (C=O) groups is 1. The molecule has 1 atom stereocenters. The van der Waals surface area contributed by atoms with Crippen LogP contribution < -0.4 is 5.32 Å². The number of nitrogens with one attached hydrogen (secondary N) is 1. The van der Waals surface area contributed by atoms with Gasteiger partial charge in [0.05, 0.1) is 0 Å². The van der Waals surface area contributed by atoms with Crippen molar-refractivity contribution in [2.45, 2.75) is 26.3 Å². The minimum Gasteiger partial charge on any atom is -0.340 e. The summed E-state index contributed by atoms with van der Waals surface area (Å²) in [5.41, 5.74) is 1.14. The second-order valence-electron chi connectivity index (χ2n) is 6.57. The van der Waals surface area contributed by atoms with Crippen LogP contribution in [-0.4, -0.2) is 55.5 Å². The van der Waals surface area contributed by atoms with E-state index in [1.807, 2.05) is 23.1 Å². The summed E-state index contributed by atoms with van der Waals surface area (Å²) >= 11 is 6.38. The number of halogens is 1. The van der Waals surface area contributed by atoms with E-state index >= 15 is 0 Å². The Morgan fingerprint density at radius 3 is 2.57 bits per heavy atom. The highest BCUT2D eigenvalue weighted by molar-refractivity contribution is 6.31. The number of carbonyl (C=O) groups excluding carboxylic acids is 1. The van der Waals surface area contributed by atoms with Crippen molar-refractivity contribution in [3.63, 3.8) is 0 Å². The molecule has 23 heavy (non-hydrogen) atoms. The number of hydrogen-bond donors (Lipinski definition) is 1. The summed E-state index contributed by atoms with van der Waals surface area (Å²) in [7, 11) is 2.08. The fourth-order valence-corrected chi connectivity index (χ4v) is 3.55. The second-order valence-corrected chi connectivity index (χ2v) is 6.98. The van der Waals surface area contributed by atoms with Gasteiger partial charge in [-0.2, -0.15) is 0 Å². The molecule has 1 heterocycles. The van der Waals surface area contributed by atoms with Gasteiger partial charge in [0.2, 0.25) is 5.91 Å². The lowest BCUT2D eigenvalue weighted by Crippen LogP contribution is -2.47. The van der Waals surface area contributed by atoms with Crippen LogP contribution in [0.3, 0.4) is 0 Å². The quantitative estimate of drug-likeness (QED) is 0.867. The van der Waals surface area contributed by atoms with Gasteiger partial charge >= 0.3 is 0 Å². The van der Waals surface area contributed by atoms with Crippen molar-refractivity contribution in [1.82, 2.24) is 15.1 Å². The summed E-state index contributed by atoms with van der Waals surface area (Å²) in [6.07, 6.45) is 0.560. The third-order valence-corrected chi connectivity index (χ3v) is 4.82. The van der Waals surface area contributed by atoms with Gasteiger partial charge in [-0.25, -0.2) is 0 Å². The van der Waals surface area contributed by atoms with Crippen molar-refractivity contribution in [3.05, 3.63) is 34.9 Å². The predicted molar refractivity (Wildman–Crippen MR) is 95.7 cm³/mol. The topological polar surface area (TPSA) is 35.6 Å². The second kappa shape index (κ2) is 8.67. The van der Waals surface area contributed by atoms with Gasteiger partial charge in [0, 0.05) is 50.2 Å². The maximum atomic E-state index is 12.3. The minimum atomic E-state index is 0.222. The molecule has 1 amide bonds. The molecule has 1 N–H and O–H groups in total. The van der Waals surface area contributed by atoms with E-state index in [9.17, 15) is 4.79 Å². The third-order valence-electron chi connectivity index (χ3n) is 4.48. The molecule has 0 bridgehead atoms. The number of amides is 1. The van der Waals surface area contributed by atoms with Crippen molar-refractivity contribution in [2.75, 3.05) is 39.8 Å². The molecule has 1 saturated heterocycles. The summed E-state index contributed by atoms with van der Waals surface area (Å²) in [5.74, 6) is 0.675. The van der Waals surface area contributed by atoms with Gasteiger partial charge in [-0.1, -0.05) is 43.6 Å². The van der Waals surface area contributed by atoms with Gasteiger partial charge in [0.1, 0.15) is 0 Å². The van der Waals surface area contributed by atoms with E-state index in [0.717, 1.165) is 43.3 Å². The van der Waals surface area contributed by atoms with Gasteiger partial charge in [0.15, 0.2) is 0 Å². The van der Waals surface area contributed by atoms with E-state index in [1.165, 1.54) is 0 Å². The van der Waals surface area contributed by atoms with Crippen LogP contribution in [0.25, 0.3) is 0 Å². The van der Waals surface area contributed by atoms with Crippen molar-refractivity contribution in [1.29, 1.82) is 0 Å². The fourth-order valence-electron chi connectivity index (χ4n) is 3.30. The molecule has 1 aliphatic rings. The first-order valence-corrected chi connectivity index (χ1v) is 8.81. The first-order chi connectivity index (χ1) is 11.0. The highest BCUT2D eigenvalue weighted by atomic mass is 35.5. The maximum Gasteiger partial charge on any atom is 0.223 e. The van der Waals surface area contributed by atoms with Gasteiger partial charge in [-0.15, -0.1) is 0 Å². The molecule has 0 saturated carbocycles. The van der Waals surface area contributed by atoms with Crippen LogP contribution in [0.4, 0.5) is 0 Å². The van der Waals surface area contributed by atoms with E-state index in [1.54, 1.807) is 0 Å². The predicted octanol–water partition coefficient (Wildman–Crippen LogP) is 2.79. The fraction of sp³-hybridized carbons (Fsp3) is 0.611. The maximum absolute atomic E-state index is 12.3. The van der Waals surface area contributed by atoms with Crippen molar-refractivity contribution < 1.29 is 4.79 Å². The number of benzene rings is 1. The number of nitrogens with zero attached hydrogens (tertiary/aromatic N) is 2. The van der Waals surface area contributed by atoms with Crippen molar-refractivity contribution in [2.24, 2.45) is 5.92 Å². The Kier molecular flexibility index (Phi) is 6.88. The SMILES string of the molecule is CC(C)C(c1ccccc1Cl)N(C)CCC(=O)N1CCNCC1. The standard InChI is InChI=1S/C18H28ClN3O/c1-14(2)18(15-6-4-5-7-16(15)19)21(3)11-8-17(23)22-12-9-20-10-13-22/h4-7,14,18,20H,8-13H2,1-3H3. The molecule has 1 unspecified atom stereocenters.